The standard InChI is InChI=1S/C21H16N8O14S3/c1-7(30)22-9-2-3-10(11(6-9)44(35,36)37)24-25-15-12(45(38,39)40)4-8-5-13(46(41,42)43)16(18(32)14(8)17(15)31)26-28-21-23-19(20(33)34)27-29-21/h2-6,31-32H,1H3,(H,22,30)(H,33,34)(H,23,27,29)(H,35,36,37)(H,38,39,40)(H,41,42,43)/b25-24+,28-26+. The number of hydrogen-bond donors (Lipinski definition) is 8. The van der Waals surface area contributed by atoms with Crippen molar-refractivity contribution in [1.82, 2.24) is 15.2 Å². The van der Waals surface area contributed by atoms with Gasteiger partial charge in [-0.15, -0.1) is 30.7 Å². The van der Waals surface area contributed by atoms with Crippen molar-refractivity contribution in [3.63, 3.8) is 0 Å². The Morgan fingerprint density at radius 3 is 1.74 bits per heavy atom. The highest BCUT2D eigenvalue weighted by Gasteiger charge is 2.29. The van der Waals surface area contributed by atoms with E-state index in [-0.39, 0.29) is 5.69 Å². The molecule has 4 rings (SSSR count). The van der Waals surface area contributed by atoms with E-state index in [1.54, 1.807) is 0 Å². The Balaban J connectivity index is 2.00. The topological polar surface area (TPSA) is 361 Å². The number of carbonyl (C=O) groups is 2. The molecule has 0 spiro atoms. The summed E-state index contributed by atoms with van der Waals surface area (Å²) >= 11 is 0. The third-order valence-electron chi connectivity index (χ3n) is 5.54. The Bertz CT molecular complexity index is 2350. The first-order valence-electron chi connectivity index (χ1n) is 11.6. The number of phenols is 2. The van der Waals surface area contributed by atoms with Crippen LogP contribution < -0.4 is 5.32 Å². The number of carboxylic acid groups (broad SMARTS) is 1. The van der Waals surface area contributed by atoms with Crippen LogP contribution in [0.5, 0.6) is 11.5 Å². The lowest BCUT2D eigenvalue weighted by molar-refractivity contribution is -0.114. The van der Waals surface area contributed by atoms with E-state index in [2.05, 4.69) is 41.0 Å². The molecule has 0 aliphatic carbocycles. The van der Waals surface area contributed by atoms with Crippen molar-refractivity contribution < 1.29 is 63.8 Å². The number of rotatable bonds is 9. The Kier molecular flexibility index (Phi) is 8.57. The molecule has 3 aromatic carbocycles. The smallest absolute Gasteiger partial charge is 0.373 e. The molecule has 0 saturated heterocycles. The first-order valence-corrected chi connectivity index (χ1v) is 15.9. The molecular formula is C21H16N8O14S3. The van der Waals surface area contributed by atoms with E-state index < -0.39 is 108 Å². The van der Waals surface area contributed by atoms with Gasteiger partial charge in [-0.2, -0.15) is 25.3 Å². The zero-order chi connectivity index (χ0) is 34.4. The quantitative estimate of drug-likeness (QED) is 0.0918. The van der Waals surface area contributed by atoms with Gasteiger partial charge in [-0.1, -0.05) is 0 Å². The average Bonchev–Trinajstić information content (AvgIpc) is 3.39. The van der Waals surface area contributed by atoms with Gasteiger partial charge in [-0.25, -0.2) is 4.79 Å². The maximum absolute atomic E-state index is 12.2. The summed E-state index contributed by atoms with van der Waals surface area (Å²) in [4.78, 5) is 21.0. The lowest BCUT2D eigenvalue weighted by Gasteiger charge is -2.13. The van der Waals surface area contributed by atoms with E-state index in [9.17, 15) is 58.7 Å². The molecule has 0 fully saturated rings. The van der Waals surface area contributed by atoms with Crippen molar-refractivity contribution in [2.75, 3.05) is 5.32 Å². The molecule has 8 N–H and O–H groups in total. The number of nitrogens with one attached hydrogen (secondary N) is 2. The number of azo groups is 2. The second kappa shape index (κ2) is 11.8. The van der Waals surface area contributed by atoms with E-state index in [0.29, 0.717) is 12.1 Å². The summed E-state index contributed by atoms with van der Waals surface area (Å²) in [6.45, 7) is 1.10. The largest absolute Gasteiger partial charge is 0.505 e. The van der Waals surface area contributed by atoms with Crippen LogP contribution in [0.2, 0.25) is 0 Å². The molecule has 0 radical (unpaired) electrons. The van der Waals surface area contributed by atoms with Crippen molar-refractivity contribution in [2.45, 2.75) is 21.6 Å². The van der Waals surface area contributed by atoms with Crippen LogP contribution >= 0.6 is 0 Å². The summed E-state index contributed by atoms with van der Waals surface area (Å²) in [5.41, 5.74) is -3.03. The lowest BCUT2D eigenvalue weighted by Crippen LogP contribution is -2.07. The molecule has 242 valence electrons. The van der Waals surface area contributed by atoms with Gasteiger partial charge in [-0.05, 0) is 35.7 Å². The fourth-order valence-electron chi connectivity index (χ4n) is 3.73. The molecule has 0 atom stereocenters. The number of anilines is 1. The van der Waals surface area contributed by atoms with Crippen LogP contribution in [0, 0.1) is 0 Å². The number of amides is 1. The van der Waals surface area contributed by atoms with Gasteiger partial charge in [0.05, 0.1) is 5.39 Å². The monoisotopic (exact) mass is 700 g/mol. The number of aromatic hydroxyl groups is 2. The molecule has 22 nitrogen and oxygen atoms in total. The summed E-state index contributed by atoms with van der Waals surface area (Å²) in [7, 11) is -15.7. The number of carbonyl (C=O) groups excluding carboxylic acids is 1. The number of phenolic OH excluding ortho intramolecular Hbond substituents is 2. The summed E-state index contributed by atoms with van der Waals surface area (Å²) in [6.07, 6.45) is 0. The zero-order valence-corrected chi connectivity index (χ0v) is 24.7. The Morgan fingerprint density at radius 2 is 1.28 bits per heavy atom. The highest BCUT2D eigenvalue weighted by Crippen LogP contribution is 2.50. The van der Waals surface area contributed by atoms with Gasteiger partial charge >= 0.3 is 5.97 Å². The van der Waals surface area contributed by atoms with E-state index >= 15 is 0 Å². The average molecular weight is 701 g/mol. The Labute approximate surface area is 255 Å². The fourth-order valence-corrected chi connectivity index (χ4v) is 5.69. The molecule has 0 unspecified atom stereocenters. The predicted octanol–water partition coefficient (Wildman–Crippen LogP) is 2.60. The Hall–Kier alpha value is -5.47. The van der Waals surface area contributed by atoms with Crippen LogP contribution in [0.3, 0.4) is 0 Å². The molecule has 46 heavy (non-hydrogen) atoms. The minimum atomic E-state index is -5.36. The van der Waals surface area contributed by atoms with Crippen LogP contribution in [0.4, 0.5) is 28.7 Å². The molecule has 0 aliphatic heterocycles. The van der Waals surface area contributed by atoms with Crippen molar-refractivity contribution >= 4 is 81.7 Å². The number of benzene rings is 3. The van der Waals surface area contributed by atoms with Crippen molar-refractivity contribution in [3.05, 3.63) is 36.2 Å². The SMILES string of the molecule is CC(=O)Nc1ccc(/N=N/c2c(S(=O)(=O)O)cc3cc(S(=O)(=O)O)c(/N=N/c4nnc(C(=O)O)[nH]4)c(O)c3c2O)c(S(=O)(=O)O)c1. The third kappa shape index (κ3) is 6.92. The third-order valence-corrected chi connectivity index (χ3v) is 8.16. The highest BCUT2D eigenvalue weighted by molar-refractivity contribution is 7.86. The number of nitrogens with zero attached hydrogens (tertiary/aromatic N) is 6. The van der Waals surface area contributed by atoms with Gasteiger partial charge in [0.25, 0.3) is 36.3 Å². The normalized spacial score (nSPS) is 12.7. The summed E-state index contributed by atoms with van der Waals surface area (Å²) < 4.78 is 102. The van der Waals surface area contributed by atoms with Gasteiger partial charge < -0.3 is 20.6 Å². The second-order valence-electron chi connectivity index (χ2n) is 8.73. The van der Waals surface area contributed by atoms with Gasteiger partial charge in [0.1, 0.15) is 31.7 Å². The summed E-state index contributed by atoms with van der Waals surface area (Å²) in [5, 5.41) is 52.0. The molecule has 4 aromatic rings. The molecule has 1 amide bonds. The van der Waals surface area contributed by atoms with Crippen LogP contribution in [-0.4, -0.2) is 81.3 Å². The van der Waals surface area contributed by atoms with Crippen molar-refractivity contribution in [3.8, 4) is 11.5 Å². The Morgan fingerprint density at radius 1 is 0.761 bits per heavy atom. The van der Waals surface area contributed by atoms with Gasteiger partial charge in [0.15, 0.2) is 11.5 Å². The lowest BCUT2D eigenvalue weighted by atomic mass is 10.1. The first kappa shape index (κ1) is 33.4. The minimum absolute atomic E-state index is 0.114. The maximum atomic E-state index is 12.2. The number of aromatic carboxylic acids is 1. The zero-order valence-electron chi connectivity index (χ0n) is 22.2. The maximum Gasteiger partial charge on any atom is 0.373 e. The number of aromatic amines is 1. The predicted molar refractivity (Wildman–Crippen MR) is 149 cm³/mol. The van der Waals surface area contributed by atoms with E-state index in [0.717, 1.165) is 25.1 Å². The second-order valence-corrected chi connectivity index (χ2v) is 12.9. The molecule has 0 saturated carbocycles. The van der Waals surface area contributed by atoms with E-state index in [1.165, 1.54) is 0 Å². The molecule has 0 aliphatic rings. The fraction of sp³-hybridized carbons (Fsp3) is 0.0476. The van der Waals surface area contributed by atoms with Crippen LogP contribution in [-0.2, 0) is 35.1 Å². The number of fused-ring (bicyclic) bond motifs is 1. The highest BCUT2D eigenvalue weighted by atomic mass is 32.2. The van der Waals surface area contributed by atoms with E-state index in [1.807, 2.05) is 0 Å². The molecule has 1 heterocycles. The molecule has 1 aromatic heterocycles. The van der Waals surface area contributed by atoms with Gasteiger partial charge in [-0.3, -0.25) is 23.4 Å². The van der Waals surface area contributed by atoms with Gasteiger partial charge in [0.2, 0.25) is 11.7 Å². The molecule has 25 heteroatoms. The number of carboxylic acids is 1. The summed E-state index contributed by atoms with van der Waals surface area (Å²) in [6, 6.07) is 3.80. The van der Waals surface area contributed by atoms with Crippen LogP contribution in [0.25, 0.3) is 10.8 Å². The number of aromatic nitrogens is 3. The van der Waals surface area contributed by atoms with E-state index in [4.69, 9.17) is 5.11 Å². The first-order chi connectivity index (χ1) is 21.2. The van der Waals surface area contributed by atoms with Crippen LogP contribution in [0.15, 0.2) is 65.5 Å². The van der Waals surface area contributed by atoms with Crippen molar-refractivity contribution in [2.24, 2.45) is 20.5 Å². The number of H-pyrrole nitrogens is 1. The van der Waals surface area contributed by atoms with Gasteiger partial charge in [0, 0.05) is 12.6 Å². The molecular weight excluding hydrogens is 684 g/mol. The summed E-state index contributed by atoms with van der Waals surface area (Å²) in [5.74, 6) is -6.12. The number of hydrogen-bond acceptors (Lipinski definition) is 16. The van der Waals surface area contributed by atoms with Crippen molar-refractivity contribution in [1.29, 1.82) is 0 Å². The van der Waals surface area contributed by atoms with Crippen LogP contribution in [0.1, 0.15) is 17.5 Å². The molecule has 0 bridgehead atoms. The minimum Gasteiger partial charge on any atom is -0.505 e.